The Morgan fingerprint density at radius 3 is 2.92 bits per heavy atom. The lowest BCUT2D eigenvalue weighted by Gasteiger charge is -2.04. The van der Waals surface area contributed by atoms with Gasteiger partial charge in [0.2, 0.25) is 5.91 Å². The molecule has 1 aromatic carbocycles. The third-order valence-electron chi connectivity index (χ3n) is 4.25. The summed E-state index contributed by atoms with van der Waals surface area (Å²) in [6.45, 7) is 3.93. The number of benzene rings is 1. The number of fused-ring (bicyclic) bond motifs is 2. The van der Waals surface area contributed by atoms with Crippen LogP contribution in [-0.2, 0) is 11.2 Å². The predicted molar refractivity (Wildman–Crippen MR) is 105 cm³/mol. The number of aryl methyl sites for hydroxylation is 3. The largest absolute Gasteiger partial charge is 0.309 e. The summed E-state index contributed by atoms with van der Waals surface area (Å²) in [7, 11) is 0. The van der Waals surface area contributed by atoms with Crippen molar-refractivity contribution in [2.45, 2.75) is 33.1 Å². The van der Waals surface area contributed by atoms with Crippen molar-refractivity contribution in [3.63, 3.8) is 0 Å². The van der Waals surface area contributed by atoms with Crippen molar-refractivity contribution in [2.24, 2.45) is 0 Å². The Labute approximate surface area is 154 Å². The van der Waals surface area contributed by atoms with Crippen LogP contribution in [0.2, 0.25) is 0 Å². The SMILES string of the molecule is Cc1cc(C)c2c(NC(=O)CCCc3nc4ccccc4s3)n[nH]c2n1. The second-order valence-electron chi connectivity index (χ2n) is 6.35. The van der Waals surface area contributed by atoms with Crippen LogP contribution in [0.1, 0.15) is 29.1 Å². The molecule has 26 heavy (non-hydrogen) atoms. The average molecular weight is 365 g/mol. The highest BCUT2D eigenvalue weighted by Gasteiger charge is 2.13. The number of anilines is 1. The van der Waals surface area contributed by atoms with Gasteiger partial charge in [-0.2, -0.15) is 5.10 Å². The molecule has 6 nitrogen and oxygen atoms in total. The minimum Gasteiger partial charge on any atom is -0.309 e. The molecule has 0 fully saturated rings. The molecule has 1 amide bonds. The minimum atomic E-state index is -0.0421. The van der Waals surface area contributed by atoms with E-state index in [1.54, 1.807) is 11.3 Å². The van der Waals surface area contributed by atoms with Crippen LogP contribution in [0, 0.1) is 13.8 Å². The number of rotatable bonds is 5. The van der Waals surface area contributed by atoms with Gasteiger partial charge in [-0.15, -0.1) is 11.3 Å². The van der Waals surface area contributed by atoms with Crippen molar-refractivity contribution < 1.29 is 4.79 Å². The lowest BCUT2D eigenvalue weighted by atomic mass is 10.1. The van der Waals surface area contributed by atoms with E-state index in [1.165, 1.54) is 4.70 Å². The van der Waals surface area contributed by atoms with E-state index in [9.17, 15) is 4.79 Å². The first-order valence-electron chi connectivity index (χ1n) is 8.57. The fraction of sp³-hybridized carbons (Fsp3) is 0.263. The van der Waals surface area contributed by atoms with E-state index in [2.05, 4.69) is 31.5 Å². The highest BCUT2D eigenvalue weighted by molar-refractivity contribution is 7.18. The van der Waals surface area contributed by atoms with Gasteiger partial charge in [-0.05, 0) is 50.5 Å². The summed E-state index contributed by atoms with van der Waals surface area (Å²) in [5.74, 6) is 0.509. The summed E-state index contributed by atoms with van der Waals surface area (Å²) in [6, 6.07) is 10.1. The third-order valence-corrected chi connectivity index (χ3v) is 5.34. The Morgan fingerprint density at radius 1 is 1.23 bits per heavy atom. The van der Waals surface area contributed by atoms with E-state index >= 15 is 0 Å². The molecule has 7 heteroatoms. The molecule has 132 valence electrons. The van der Waals surface area contributed by atoms with Crippen LogP contribution >= 0.6 is 11.3 Å². The van der Waals surface area contributed by atoms with Crippen LogP contribution in [-0.4, -0.2) is 26.1 Å². The Kier molecular flexibility index (Phi) is 4.38. The smallest absolute Gasteiger partial charge is 0.225 e. The zero-order valence-electron chi connectivity index (χ0n) is 14.7. The lowest BCUT2D eigenvalue weighted by molar-refractivity contribution is -0.116. The fourth-order valence-corrected chi connectivity index (χ4v) is 4.10. The Balaban J connectivity index is 1.38. The summed E-state index contributed by atoms with van der Waals surface area (Å²) in [4.78, 5) is 21.3. The molecule has 0 saturated carbocycles. The summed E-state index contributed by atoms with van der Waals surface area (Å²) in [6.07, 6.45) is 1.99. The van der Waals surface area contributed by atoms with Crippen LogP contribution < -0.4 is 5.32 Å². The van der Waals surface area contributed by atoms with Gasteiger partial charge in [0.25, 0.3) is 0 Å². The van der Waals surface area contributed by atoms with Crippen molar-refractivity contribution in [1.29, 1.82) is 0 Å². The first-order chi connectivity index (χ1) is 12.6. The molecule has 0 unspecified atom stereocenters. The molecule has 0 spiro atoms. The number of aromatic nitrogens is 4. The van der Waals surface area contributed by atoms with Gasteiger partial charge in [0.15, 0.2) is 11.5 Å². The van der Waals surface area contributed by atoms with Gasteiger partial charge < -0.3 is 5.32 Å². The number of H-pyrrole nitrogens is 1. The van der Waals surface area contributed by atoms with Gasteiger partial charge in [0.1, 0.15) is 0 Å². The number of thiazole rings is 1. The molecule has 0 atom stereocenters. The first kappa shape index (κ1) is 16.7. The molecule has 4 aromatic rings. The van der Waals surface area contributed by atoms with E-state index in [4.69, 9.17) is 0 Å². The van der Waals surface area contributed by atoms with E-state index in [0.29, 0.717) is 17.9 Å². The van der Waals surface area contributed by atoms with E-state index < -0.39 is 0 Å². The van der Waals surface area contributed by atoms with Crippen LogP contribution in [0.15, 0.2) is 30.3 Å². The second-order valence-corrected chi connectivity index (χ2v) is 7.47. The molecule has 4 rings (SSSR count). The summed E-state index contributed by atoms with van der Waals surface area (Å²) >= 11 is 1.69. The van der Waals surface area contributed by atoms with Crippen LogP contribution in [0.25, 0.3) is 21.3 Å². The zero-order valence-corrected chi connectivity index (χ0v) is 15.5. The molecule has 3 heterocycles. The van der Waals surface area contributed by atoms with E-state index in [-0.39, 0.29) is 5.91 Å². The fourth-order valence-electron chi connectivity index (χ4n) is 3.09. The molecule has 0 saturated heterocycles. The maximum Gasteiger partial charge on any atom is 0.225 e. The molecule has 0 aliphatic rings. The van der Waals surface area contributed by atoms with Crippen molar-refractivity contribution >= 4 is 44.3 Å². The van der Waals surface area contributed by atoms with E-state index in [0.717, 1.165) is 40.0 Å². The van der Waals surface area contributed by atoms with Crippen molar-refractivity contribution in [1.82, 2.24) is 20.2 Å². The van der Waals surface area contributed by atoms with Crippen molar-refractivity contribution in [3.8, 4) is 0 Å². The van der Waals surface area contributed by atoms with Gasteiger partial charge in [0.05, 0.1) is 20.6 Å². The number of nitrogens with zero attached hydrogens (tertiary/aromatic N) is 3. The van der Waals surface area contributed by atoms with Crippen LogP contribution in [0.4, 0.5) is 5.82 Å². The van der Waals surface area contributed by atoms with Crippen molar-refractivity contribution in [2.75, 3.05) is 5.32 Å². The maximum absolute atomic E-state index is 12.3. The normalized spacial score (nSPS) is 11.3. The number of hydrogen-bond acceptors (Lipinski definition) is 5. The average Bonchev–Trinajstić information content (AvgIpc) is 3.18. The predicted octanol–water partition coefficient (Wildman–Crippen LogP) is 4.15. The highest BCUT2D eigenvalue weighted by Crippen LogP contribution is 2.25. The zero-order chi connectivity index (χ0) is 18.1. The van der Waals surface area contributed by atoms with Gasteiger partial charge in [-0.25, -0.2) is 9.97 Å². The number of hydrogen-bond donors (Lipinski definition) is 2. The number of nitrogens with one attached hydrogen (secondary N) is 2. The van der Waals surface area contributed by atoms with Crippen molar-refractivity contribution in [3.05, 3.63) is 46.6 Å². The minimum absolute atomic E-state index is 0.0421. The molecule has 0 aliphatic heterocycles. The van der Waals surface area contributed by atoms with Gasteiger partial charge in [0, 0.05) is 12.1 Å². The summed E-state index contributed by atoms with van der Waals surface area (Å²) in [5.41, 5.74) is 3.70. The number of pyridine rings is 1. The first-order valence-corrected chi connectivity index (χ1v) is 9.38. The number of carbonyl (C=O) groups is 1. The molecule has 3 aromatic heterocycles. The molecule has 0 aliphatic carbocycles. The summed E-state index contributed by atoms with van der Waals surface area (Å²) in [5, 5.41) is 11.9. The van der Waals surface area contributed by atoms with E-state index in [1.807, 2.05) is 38.1 Å². The van der Waals surface area contributed by atoms with Crippen LogP contribution in [0.3, 0.4) is 0 Å². The number of amides is 1. The molecular weight excluding hydrogens is 346 g/mol. The third kappa shape index (κ3) is 3.30. The monoisotopic (exact) mass is 365 g/mol. The molecular formula is C19H19N5OS. The quantitative estimate of drug-likeness (QED) is 0.556. The molecule has 0 bridgehead atoms. The van der Waals surface area contributed by atoms with Gasteiger partial charge >= 0.3 is 0 Å². The summed E-state index contributed by atoms with van der Waals surface area (Å²) < 4.78 is 1.19. The number of carbonyl (C=O) groups excluding carboxylic acids is 1. The maximum atomic E-state index is 12.3. The standard InChI is InChI=1S/C19H19N5OS/c1-11-10-12(2)20-18-17(11)19(24-23-18)22-15(25)8-5-9-16-21-13-6-3-4-7-14(13)26-16/h3-4,6-7,10H,5,8-9H2,1-2H3,(H2,20,22,23,24,25). The topological polar surface area (TPSA) is 83.6 Å². The Bertz CT molecular complexity index is 1060. The Hall–Kier alpha value is -2.80. The second kappa shape index (κ2) is 6.84. The van der Waals surface area contributed by atoms with Crippen LogP contribution in [0.5, 0.6) is 0 Å². The van der Waals surface area contributed by atoms with Gasteiger partial charge in [-0.1, -0.05) is 12.1 Å². The lowest BCUT2D eigenvalue weighted by Crippen LogP contribution is -2.12. The number of aromatic amines is 1. The highest BCUT2D eigenvalue weighted by atomic mass is 32.1. The number of para-hydroxylation sites is 1. The molecule has 0 radical (unpaired) electrons. The van der Waals surface area contributed by atoms with Gasteiger partial charge in [-0.3, -0.25) is 9.89 Å². The Morgan fingerprint density at radius 2 is 2.08 bits per heavy atom. The molecule has 2 N–H and O–H groups in total.